The summed E-state index contributed by atoms with van der Waals surface area (Å²) in [5, 5.41) is 3.44. The molecule has 3 nitrogen and oxygen atoms in total. The van der Waals surface area contributed by atoms with E-state index in [1.54, 1.807) is 7.11 Å². The van der Waals surface area contributed by atoms with Crippen molar-refractivity contribution >= 4 is 0 Å². The predicted molar refractivity (Wildman–Crippen MR) is 64.2 cm³/mol. The summed E-state index contributed by atoms with van der Waals surface area (Å²) in [5.41, 5.74) is 0. The van der Waals surface area contributed by atoms with Crippen molar-refractivity contribution in [2.24, 2.45) is 5.92 Å². The Morgan fingerprint density at radius 3 is 2.60 bits per heavy atom. The van der Waals surface area contributed by atoms with E-state index in [-0.39, 0.29) is 0 Å². The number of piperidine rings is 1. The van der Waals surface area contributed by atoms with Crippen LogP contribution in [0.1, 0.15) is 26.7 Å². The molecule has 0 spiro atoms. The average Bonchev–Trinajstić information content (AvgIpc) is 2.27. The van der Waals surface area contributed by atoms with Crippen LogP contribution in [-0.2, 0) is 4.74 Å². The van der Waals surface area contributed by atoms with Gasteiger partial charge in [-0.15, -0.1) is 0 Å². The number of methoxy groups -OCH3 is 1. The van der Waals surface area contributed by atoms with E-state index < -0.39 is 0 Å². The maximum atomic E-state index is 5.19. The molecule has 0 aliphatic carbocycles. The molecule has 90 valence electrons. The highest BCUT2D eigenvalue weighted by molar-refractivity contribution is 4.77. The zero-order valence-electron chi connectivity index (χ0n) is 10.5. The number of hydrogen-bond acceptors (Lipinski definition) is 3. The van der Waals surface area contributed by atoms with E-state index in [0.717, 1.165) is 19.1 Å². The van der Waals surface area contributed by atoms with Gasteiger partial charge in [0.15, 0.2) is 0 Å². The van der Waals surface area contributed by atoms with Crippen LogP contribution in [0.3, 0.4) is 0 Å². The SMILES string of the molecule is CCNCC1CCN(C(C)COC)CC1. The normalized spacial score (nSPS) is 21.8. The molecule has 1 saturated heterocycles. The summed E-state index contributed by atoms with van der Waals surface area (Å²) in [6.45, 7) is 10.1. The largest absolute Gasteiger partial charge is 0.383 e. The van der Waals surface area contributed by atoms with Crippen molar-refractivity contribution in [1.82, 2.24) is 10.2 Å². The van der Waals surface area contributed by atoms with Crippen LogP contribution in [-0.4, -0.2) is 50.8 Å². The Labute approximate surface area is 94.2 Å². The molecular formula is C12H26N2O. The van der Waals surface area contributed by atoms with Crippen LogP contribution in [0.25, 0.3) is 0 Å². The summed E-state index contributed by atoms with van der Waals surface area (Å²) in [6, 6.07) is 0.579. The van der Waals surface area contributed by atoms with Crippen LogP contribution in [0.15, 0.2) is 0 Å². The Morgan fingerprint density at radius 2 is 2.07 bits per heavy atom. The molecule has 1 atom stereocenters. The molecule has 1 unspecified atom stereocenters. The van der Waals surface area contributed by atoms with E-state index in [9.17, 15) is 0 Å². The molecule has 1 rings (SSSR count). The van der Waals surface area contributed by atoms with Gasteiger partial charge in [0, 0.05) is 13.2 Å². The Balaban J connectivity index is 2.17. The van der Waals surface area contributed by atoms with Gasteiger partial charge in [-0.25, -0.2) is 0 Å². The van der Waals surface area contributed by atoms with Gasteiger partial charge >= 0.3 is 0 Å². The molecule has 15 heavy (non-hydrogen) atoms. The lowest BCUT2D eigenvalue weighted by molar-refractivity contribution is 0.0736. The minimum atomic E-state index is 0.579. The van der Waals surface area contributed by atoms with Crippen LogP contribution in [0.2, 0.25) is 0 Å². The Kier molecular flexibility index (Phi) is 6.22. The second-order valence-electron chi connectivity index (χ2n) is 4.59. The molecule has 0 bridgehead atoms. The van der Waals surface area contributed by atoms with E-state index in [1.807, 2.05) is 0 Å². The van der Waals surface area contributed by atoms with Gasteiger partial charge in [0.1, 0.15) is 0 Å². The van der Waals surface area contributed by atoms with Gasteiger partial charge in [-0.05, 0) is 51.9 Å². The predicted octanol–water partition coefficient (Wildman–Crippen LogP) is 1.34. The first-order chi connectivity index (χ1) is 7.27. The standard InChI is InChI=1S/C12H26N2O/c1-4-13-9-12-5-7-14(8-6-12)11(2)10-15-3/h11-13H,4-10H2,1-3H3. The van der Waals surface area contributed by atoms with Crippen LogP contribution in [0, 0.1) is 5.92 Å². The maximum Gasteiger partial charge on any atom is 0.0615 e. The number of nitrogens with one attached hydrogen (secondary N) is 1. The smallest absolute Gasteiger partial charge is 0.0615 e. The molecule has 1 aliphatic heterocycles. The second-order valence-corrected chi connectivity index (χ2v) is 4.59. The molecule has 0 aromatic carbocycles. The number of hydrogen-bond donors (Lipinski definition) is 1. The Hall–Kier alpha value is -0.120. The number of ether oxygens (including phenoxy) is 1. The summed E-state index contributed by atoms with van der Waals surface area (Å²) in [4.78, 5) is 2.55. The van der Waals surface area contributed by atoms with Crippen LogP contribution < -0.4 is 5.32 Å². The van der Waals surface area contributed by atoms with Gasteiger partial charge in [0.2, 0.25) is 0 Å². The van der Waals surface area contributed by atoms with E-state index in [0.29, 0.717) is 6.04 Å². The van der Waals surface area contributed by atoms with Gasteiger partial charge in [-0.1, -0.05) is 6.92 Å². The average molecular weight is 214 g/mol. The molecule has 1 N–H and O–H groups in total. The molecule has 1 aliphatic rings. The highest BCUT2D eigenvalue weighted by atomic mass is 16.5. The molecule has 0 amide bonds. The molecule has 3 heteroatoms. The number of likely N-dealkylation sites (tertiary alicyclic amines) is 1. The van der Waals surface area contributed by atoms with Crippen LogP contribution in [0.4, 0.5) is 0 Å². The van der Waals surface area contributed by atoms with Crippen LogP contribution in [0.5, 0.6) is 0 Å². The van der Waals surface area contributed by atoms with Crippen molar-refractivity contribution in [3.05, 3.63) is 0 Å². The summed E-state index contributed by atoms with van der Waals surface area (Å²) < 4.78 is 5.19. The molecular weight excluding hydrogens is 188 g/mol. The fraction of sp³-hybridized carbons (Fsp3) is 1.00. The fourth-order valence-electron chi connectivity index (χ4n) is 2.29. The number of nitrogens with zero attached hydrogens (tertiary/aromatic N) is 1. The van der Waals surface area contributed by atoms with E-state index >= 15 is 0 Å². The fourth-order valence-corrected chi connectivity index (χ4v) is 2.29. The van der Waals surface area contributed by atoms with E-state index in [2.05, 4.69) is 24.1 Å². The molecule has 1 fully saturated rings. The second kappa shape index (κ2) is 7.20. The van der Waals surface area contributed by atoms with E-state index in [4.69, 9.17) is 4.74 Å². The minimum absolute atomic E-state index is 0.579. The molecule has 0 radical (unpaired) electrons. The van der Waals surface area contributed by atoms with Crippen LogP contribution >= 0.6 is 0 Å². The third-order valence-electron chi connectivity index (χ3n) is 3.36. The lowest BCUT2D eigenvalue weighted by Crippen LogP contribution is -2.43. The first kappa shape index (κ1) is 12.9. The third kappa shape index (κ3) is 4.49. The van der Waals surface area contributed by atoms with Crippen molar-refractivity contribution in [2.45, 2.75) is 32.7 Å². The Bertz CT molecular complexity index is 156. The third-order valence-corrected chi connectivity index (χ3v) is 3.36. The maximum absolute atomic E-state index is 5.19. The number of rotatable bonds is 6. The molecule has 1 heterocycles. The van der Waals surface area contributed by atoms with Gasteiger partial charge in [-0.2, -0.15) is 0 Å². The van der Waals surface area contributed by atoms with Gasteiger partial charge < -0.3 is 10.1 Å². The zero-order chi connectivity index (χ0) is 11.1. The summed E-state index contributed by atoms with van der Waals surface area (Å²) >= 11 is 0. The van der Waals surface area contributed by atoms with Gasteiger partial charge in [0.25, 0.3) is 0 Å². The minimum Gasteiger partial charge on any atom is -0.383 e. The zero-order valence-corrected chi connectivity index (χ0v) is 10.5. The lowest BCUT2D eigenvalue weighted by Gasteiger charge is -2.35. The quantitative estimate of drug-likeness (QED) is 0.722. The van der Waals surface area contributed by atoms with Crippen molar-refractivity contribution in [2.75, 3.05) is 39.9 Å². The summed E-state index contributed by atoms with van der Waals surface area (Å²) in [6.07, 6.45) is 2.67. The van der Waals surface area contributed by atoms with Crippen molar-refractivity contribution in [3.63, 3.8) is 0 Å². The van der Waals surface area contributed by atoms with Crippen molar-refractivity contribution < 1.29 is 4.74 Å². The first-order valence-corrected chi connectivity index (χ1v) is 6.21. The first-order valence-electron chi connectivity index (χ1n) is 6.21. The highest BCUT2D eigenvalue weighted by Crippen LogP contribution is 2.18. The van der Waals surface area contributed by atoms with Gasteiger partial charge in [0.05, 0.1) is 6.61 Å². The topological polar surface area (TPSA) is 24.5 Å². The summed E-state index contributed by atoms with van der Waals surface area (Å²) in [7, 11) is 1.79. The summed E-state index contributed by atoms with van der Waals surface area (Å²) in [5.74, 6) is 0.885. The van der Waals surface area contributed by atoms with Gasteiger partial charge in [-0.3, -0.25) is 4.90 Å². The molecule has 0 saturated carbocycles. The van der Waals surface area contributed by atoms with E-state index in [1.165, 1.54) is 32.5 Å². The Morgan fingerprint density at radius 1 is 1.40 bits per heavy atom. The monoisotopic (exact) mass is 214 g/mol. The molecule has 0 aromatic rings. The molecule has 0 aromatic heterocycles. The van der Waals surface area contributed by atoms with Crippen molar-refractivity contribution in [1.29, 1.82) is 0 Å². The van der Waals surface area contributed by atoms with Crippen molar-refractivity contribution in [3.8, 4) is 0 Å². The lowest BCUT2D eigenvalue weighted by atomic mass is 9.96. The highest BCUT2D eigenvalue weighted by Gasteiger charge is 2.21.